The summed E-state index contributed by atoms with van der Waals surface area (Å²) < 4.78 is 11.3. The van der Waals surface area contributed by atoms with E-state index in [9.17, 15) is 0 Å². The standard InChI is InChI=1S/C16H18N2O2/c1-10(11-2-3-11)18-16-13-9-15-14(19-6-7-20-15)8-12(13)4-5-17-16/h4-5,8-11H,2-3,6-7H2,1H3,(H,17,18). The highest BCUT2D eigenvalue weighted by molar-refractivity contribution is 5.94. The fourth-order valence-electron chi connectivity index (χ4n) is 2.75. The highest BCUT2D eigenvalue weighted by atomic mass is 16.6. The van der Waals surface area contributed by atoms with Crippen LogP contribution in [0.4, 0.5) is 5.82 Å². The lowest BCUT2D eigenvalue weighted by Gasteiger charge is -2.20. The van der Waals surface area contributed by atoms with Gasteiger partial charge in [-0.05, 0) is 49.3 Å². The van der Waals surface area contributed by atoms with Gasteiger partial charge in [0.25, 0.3) is 0 Å². The van der Waals surface area contributed by atoms with E-state index in [0.29, 0.717) is 19.3 Å². The van der Waals surface area contributed by atoms with E-state index in [4.69, 9.17) is 9.47 Å². The molecular formula is C16H18N2O2. The number of benzene rings is 1. The van der Waals surface area contributed by atoms with Gasteiger partial charge >= 0.3 is 0 Å². The summed E-state index contributed by atoms with van der Waals surface area (Å²) in [6.45, 7) is 3.46. The fourth-order valence-corrected chi connectivity index (χ4v) is 2.75. The van der Waals surface area contributed by atoms with Crippen molar-refractivity contribution in [1.29, 1.82) is 0 Å². The van der Waals surface area contributed by atoms with Crippen molar-refractivity contribution in [3.05, 3.63) is 24.4 Å². The van der Waals surface area contributed by atoms with Gasteiger partial charge in [0.2, 0.25) is 0 Å². The highest BCUT2D eigenvalue weighted by Crippen LogP contribution is 2.38. The Balaban J connectivity index is 1.76. The first-order chi connectivity index (χ1) is 9.81. The third kappa shape index (κ3) is 2.05. The normalized spacial score (nSPS) is 18.9. The lowest BCUT2D eigenvalue weighted by Crippen LogP contribution is -2.18. The van der Waals surface area contributed by atoms with Gasteiger partial charge in [0.05, 0.1) is 0 Å². The molecule has 1 N–H and O–H groups in total. The molecule has 1 atom stereocenters. The zero-order valence-corrected chi connectivity index (χ0v) is 11.6. The van der Waals surface area contributed by atoms with Crippen LogP contribution in [0.25, 0.3) is 10.8 Å². The summed E-state index contributed by atoms with van der Waals surface area (Å²) >= 11 is 0. The monoisotopic (exact) mass is 270 g/mol. The zero-order valence-electron chi connectivity index (χ0n) is 11.6. The van der Waals surface area contributed by atoms with Crippen LogP contribution in [0.3, 0.4) is 0 Å². The maximum atomic E-state index is 5.67. The molecule has 2 heterocycles. The maximum Gasteiger partial charge on any atom is 0.162 e. The molecule has 20 heavy (non-hydrogen) atoms. The topological polar surface area (TPSA) is 43.4 Å². The molecule has 1 aliphatic carbocycles. The van der Waals surface area contributed by atoms with Crippen LogP contribution in [0.2, 0.25) is 0 Å². The number of ether oxygens (including phenoxy) is 2. The molecule has 0 bridgehead atoms. The van der Waals surface area contributed by atoms with E-state index in [1.165, 1.54) is 12.8 Å². The molecule has 2 aromatic rings. The number of hydrogen-bond acceptors (Lipinski definition) is 4. The van der Waals surface area contributed by atoms with Gasteiger partial charge in [-0.25, -0.2) is 4.98 Å². The number of aromatic nitrogens is 1. The molecule has 1 saturated carbocycles. The molecular weight excluding hydrogens is 252 g/mol. The van der Waals surface area contributed by atoms with Crippen LogP contribution in [0.5, 0.6) is 11.5 Å². The second kappa shape index (κ2) is 4.54. The minimum absolute atomic E-state index is 0.473. The van der Waals surface area contributed by atoms with Crippen molar-refractivity contribution in [1.82, 2.24) is 4.98 Å². The molecule has 0 radical (unpaired) electrons. The SMILES string of the molecule is CC(Nc1nccc2cc3c(cc12)OCCO3)C1CC1. The fraction of sp³-hybridized carbons (Fsp3) is 0.438. The van der Waals surface area contributed by atoms with Gasteiger partial charge in [-0.1, -0.05) is 0 Å². The Morgan fingerprint density at radius 2 is 1.95 bits per heavy atom. The minimum Gasteiger partial charge on any atom is -0.486 e. The first-order valence-electron chi connectivity index (χ1n) is 7.26. The van der Waals surface area contributed by atoms with Gasteiger partial charge in [0.15, 0.2) is 11.5 Å². The Hall–Kier alpha value is -1.97. The molecule has 1 aromatic carbocycles. The van der Waals surface area contributed by atoms with Crippen molar-refractivity contribution >= 4 is 16.6 Å². The molecule has 1 aromatic heterocycles. The van der Waals surface area contributed by atoms with Crippen molar-refractivity contribution in [2.24, 2.45) is 5.92 Å². The maximum absolute atomic E-state index is 5.67. The predicted octanol–water partition coefficient (Wildman–Crippen LogP) is 3.22. The summed E-state index contributed by atoms with van der Waals surface area (Å²) in [5.41, 5.74) is 0. The van der Waals surface area contributed by atoms with Gasteiger partial charge < -0.3 is 14.8 Å². The Labute approximate surface area is 118 Å². The molecule has 0 amide bonds. The average molecular weight is 270 g/mol. The Bertz CT molecular complexity index is 652. The average Bonchev–Trinajstić information content (AvgIpc) is 3.30. The Morgan fingerprint density at radius 3 is 2.70 bits per heavy atom. The number of nitrogens with one attached hydrogen (secondary N) is 1. The third-order valence-electron chi connectivity index (χ3n) is 4.12. The molecule has 104 valence electrons. The molecule has 4 rings (SSSR count). The second-order valence-corrected chi connectivity index (χ2v) is 5.65. The number of anilines is 1. The number of rotatable bonds is 3. The van der Waals surface area contributed by atoms with Crippen LogP contribution in [0, 0.1) is 5.92 Å². The highest BCUT2D eigenvalue weighted by Gasteiger charge is 2.28. The first-order valence-corrected chi connectivity index (χ1v) is 7.26. The van der Waals surface area contributed by atoms with Crippen LogP contribution in [0.15, 0.2) is 24.4 Å². The van der Waals surface area contributed by atoms with E-state index >= 15 is 0 Å². The van der Waals surface area contributed by atoms with Gasteiger partial charge in [0.1, 0.15) is 19.0 Å². The molecule has 0 saturated heterocycles. The third-order valence-corrected chi connectivity index (χ3v) is 4.12. The van der Waals surface area contributed by atoms with Gasteiger partial charge in [-0.2, -0.15) is 0 Å². The number of nitrogens with zero attached hydrogens (tertiary/aromatic N) is 1. The number of hydrogen-bond donors (Lipinski definition) is 1. The van der Waals surface area contributed by atoms with Crippen molar-refractivity contribution in [3.63, 3.8) is 0 Å². The van der Waals surface area contributed by atoms with E-state index in [0.717, 1.165) is 34.0 Å². The second-order valence-electron chi connectivity index (χ2n) is 5.65. The predicted molar refractivity (Wildman–Crippen MR) is 78.5 cm³/mol. The number of pyridine rings is 1. The minimum atomic E-state index is 0.473. The lowest BCUT2D eigenvalue weighted by atomic mass is 10.1. The summed E-state index contributed by atoms with van der Waals surface area (Å²) in [5, 5.41) is 5.78. The summed E-state index contributed by atoms with van der Waals surface area (Å²) in [7, 11) is 0. The van der Waals surface area contributed by atoms with Crippen LogP contribution >= 0.6 is 0 Å². The smallest absolute Gasteiger partial charge is 0.162 e. The molecule has 4 nitrogen and oxygen atoms in total. The molecule has 1 unspecified atom stereocenters. The van der Waals surface area contributed by atoms with Gasteiger partial charge in [0, 0.05) is 17.6 Å². The van der Waals surface area contributed by atoms with Crippen LogP contribution in [0.1, 0.15) is 19.8 Å². The Kier molecular flexibility index (Phi) is 2.69. The van der Waals surface area contributed by atoms with Gasteiger partial charge in [-0.3, -0.25) is 0 Å². The van der Waals surface area contributed by atoms with E-state index < -0.39 is 0 Å². The molecule has 4 heteroatoms. The summed E-state index contributed by atoms with van der Waals surface area (Å²) in [6.07, 6.45) is 4.50. The molecule has 0 spiro atoms. The first kappa shape index (κ1) is 11.8. The van der Waals surface area contributed by atoms with Crippen LogP contribution in [-0.4, -0.2) is 24.2 Å². The zero-order chi connectivity index (χ0) is 13.5. The largest absolute Gasteiger partial charge is 0.486 e. The van der Waals surface area contributed by atoms with E-state index in [-0.39, 0.29) is 0 Å². The lowest BCUT2D eigenvalue weighted by molar-refractivity contribution is 0.172. The van der Waals surface area contributed by atoms with Crippen LogP contribution in [-0.2, 0) is 0 Å². The van der Waals surface area contributed by atoms with Crippen LogP contribution < -0.4 is 14.8 Å². The summed E-state index contributed by atoms with van der Waals surface area (Å²) in [4.78, 5) is 4.50. The summed E-state index contributed by atoms with van der Waals surface area (Å²) in [5.74, 6) is 3.39. The van der Waals surface area contributed by atoms with Crippen molar-refractivity contribution in [3.8, 4) is 11.5 Å². The quantitative estimate of drug-likeness (QED) is 0.930. The van der Waals surface area contributed by atoms with E-state index in [2.05, 4.69) is 17.2 Å². The molecule has 1 fully saturated rings. The van der Waals surface area contributed by atoms with Gasteiger partial charge in [-0.15, -0.1) is 0 Å². The van der Waals surface area contributed by atoms with E-state index in [1.807, 2.05) is 24.4 Å². The van der Waals surface area contributed by atoms with E-state index in [1.54, 1.807) is 0 Å². The van der Waals surface area contributed by atoms with Crippen molar-refractivity contribution in [2.75, 3.05) is 18.5 Å². The number of fused-ring (bicyclic) bond motifs is 2. The van der Waals surface area contributed by atoms with Crippen molar-refractivity contribution < 1.29 is 9.47 Å². The Morgan fingerprint density at radius 1 is 1.20 bits per heavy atom. The van der Waals surface area contributed by atoms with Crippen molar-refractivity contribution in [2.45, 2.75) is 25.8 Å². The molecule has 2 aliphatic rings. The molecule has 1 aliphatic heterocycles. The summed E-state index contributed by atoms with van der Waals surface area (Å²) in [6, 6.07) is 6.57.